The quantitative estimate of drug-likeness (QED) is 0.501. The van der Waals surface area contributed by atoms with Crippen molar-refractivity contribution in [1.82, 2.24) is 10.2 Å². The van der Waals surface area contributed by atoms with Gasteiger partial charge in [0.15, 0.2) is 11.5 Å². The number of benzene rings is 2. The summed E-state index contributed by atoms with van der Waals surface area (Å²) in [5, 5.41) is 6.68. The second kappa shape index (κ2) is 10.1. The highest BCUT2D eigenvalue weighted by molar-refractivity contribution is 6.31. The lowest BCUT2D eigenvalue weighted by Gasteiger charge is -2.34. The van der Waals surface area contributed by atoms with Crippen LogP contribution in [0.4, 0.5) is 5.69 Å². The van der Waals surface area contributed by atoms with Gasteiger partial charge >= 0.3 is 0 Å². The fraction of sp³-hybridized carbons (Fsp3) is 0.452. The maximum absolute atomic E-state index is 14.3. The zero-order chi connectivity index (χ0) is 28.3. The van der Waals surface area contributed by atoms with Gasteiger partial charge in [-0.3, -0.25) is 14.4 Å². The molecule has 0 unspecified atom stereocenters. The number of ether oxygens (including phenoxy) is 3. The lowest BCUT2D eigenvalue weighted by atomic mass is 9.74. The molecule has 4 heterocycles. The van der Waals surface area contributed by atoms with E-state index in [1.165, 1.54) is 0 Å². The van der Waals surface area contributed by atoms with Crippen LogP contribution in [0.1, 0.15) is 43.2 Å². The van der Waals surface area contributed by atoms with Gasteiger partial charge in [-0.05, 0) is 55.2 Å². The summed E-state index contributed by atoms with van der Waals surface area (Å²) in [7, 11) is 0. The number of likely N-dealkylation sites (tertiary alicyclic amines) is 1. The van der Waals surface area contributed by atoms with Crippen LogP contribution in [0.3, 0.4) is 0 Å². The average molecular weight is 578 g/mol. The Morgan fingerprint density at radius 3 is 2.66 bits per heavy atom. The molecule has 7 rings (SSSR count). The van der Waals surface area contributed by atoms with Crippen LogP contribution in [0.5, 0.6) is 11.5 Å². The topological polar surface area (TPSA) is 106 Å². The Hall–Kier alpha value is -3.56. The molecule has 2 aromatic carbocycles. The van der Waals surface area contributed by atoms with Gasteiger partial charge in [0, 0.05) is 23.3 Å². The summed E-state index contributed by atoms with van der Waals surface area (Å²) in [6, 6.07) is 9.94. The fourth-order valence-electron chi connectivity index (χ4n) is 7.10. The van der Waals surface area contributed by atoms with Crippen molar-refractivity contribution in [1.29, 1.82) is 0 Å². The number of fused-ring (bicyclic) bond motifs is 2. The molecular weight excluding hydrogens is 546 g/mol. The van der Waals surface area contributed by atoms with E-state index in [1.807, 2.05) is 37.3 Å². The van der Waals surface area contributed by atoms with Gasteiger partial charge in [-0.15, -0.1) is 0 Å². The van der Waals surface area contributed by atoms with Crippen LogP contribution in [-0.4, -0.2) is 53.2 Å². The van der Waals surface area contributed by atoms with Gasteiger partial charge in [0.05, 0.1) is 17.9 Å². The van der Waals surface area contributed by atoms with Gasteiger partial charge in [0.25, 0.3) is 0 Å². The summed E-state index contributed by atoms with van der Waals surface area (Å²) in [5.74, 6) is -1.25. The molecule has 9 nitrogen and oxygen atoms in total. The van der Waals surface area contributed by atoms with E-state index in [4.69, 9.17) is 25.8 Å². The molecule has 5 atom stereocenters. The lowest BCUT2D eigenvalue weighted by Crippen LogP contribution is -2.56. The molecule has 2 bridgehead atoms. The lowest BCUT2D eigenvalue weighted by molar-refractivity contribution is -0.142. The molecule has 3 amide bonds. The third-order valence-corrected chi connectivity index (χ3v) is 9.51. The van der Waals surface area contributed by atoms with Gasteiger partial charge in [-0.1, -0.05) is 55.1 Å². The standard InChI is InChI=1S/C31H32ClN3O6/c1-17-7-9-20(14-21(17)32)34-28(36)25-23-11-12-31(41-23)26(25)30(38)35(15-18-8-10-22-24(13-18)40-16-39-22)27(31)29(37)33-19-5-3-2-4-6-19/h7-14,19,23,25-27H,2-6,15-16H2,1H3,(H,33,37)(H,34,36)/t23-,25-,26-,27-,31-/m0/s1. The number of carbonyl (C=O) groups excluding carboxylic acids is 3. The predicted molar refractivity (Wildman–Crippen MR) is 150 cm³/mol. The van der Waals surface area contributed by atoms with Gasteiger partial charge in [-0.2, -0.15) is 0 Å². The van der Waals surface area contributed by atoms with Crippen molar-refractivity contribution in [3.63, 3.8) is 0 Å². The van der Waals surface area contributed by atoms with Gasteiger partial charge in [0.1, 0.15) is 11.6 Å². The third kappa shape index (κ3) is 4.37. The van der Waals surface area contributed by atoms with Crippen LogP contribution in [0.15, 0.2) is 48.6 Å². The van der Waals surface area contributed by atoms with Crippen LogP contribution < -0.4 is 20.1 Å². The molecule has 41 heavy (non-hydrogen) atoms. The second-order valence-electron chi connectivity index (χ2n) is 11.7. The van der Waals surface area contributed by atoms with E-state index in [9.17, 15) is 14.4 Å². The molecule has 10 heteroatoms. The van der Waals surface area contributed by atoms with Crippen molar-refractivity contribution in [3.8, 4) is 11.5 Å². The highest BCUT2D eigenvalue weighted by Crippen LogP contribution is 2.55. The van der Waals surface area contributed by atoms with Gasteiger partial charge < -0.3 is 29.7 Å². The predicted octanol–water partition coefficient (Wildman–Crippen LogP) is 4.12. The van der Waals surface area contributed by atoms with Crippen LogP contribution >= 0.6 is 11.6 Å². The highest BCUT2D eigenvalue weighted by Gasteiger charge is 2.72. The molecule has 2 saturated heterocycles. The summed E-state index contributed by atoms with van der Waals surface area (Å²) in [6.45, 7) is 2.19. The molecule has 2 aromatic rings. The molecule has 1 aliphatic carbocycles. The molecule has 1 saturated carbocycles. The minimum atomic E-state index is -1.23. The number of carbonyl (C=O) groups is 3. The Bertz CT molecular complexity index is 1460. The first-order valence-electron chi connectivity index (χ1n) is 14.3. The first kappa shape index (κ1) is 26.3. The van der Waals surface area contributed by atoms with Crippen molar-refractivity contribution in [2.45, 2.75) is 69.4 Å². The molecule has 214 valence electrons. The number of rotatable bonds is 6. The van der Waals surface area contributed by atoms with Crippen LogP contribution in [0.25, 0.3) is 0 Å². The Morgan fingerprint density at radius 2 is 1.85 bits per heavy atom. The number of amides is 3. The van der Waals surface area contributed by atoms with E-state index in [1.54, 1.807) is 23.1 Å². The van der Waals surface area contributed by atoms with Crippen LogP contribution in [0, 0.1) is 18.8 Å². The average Bonchev–Trinajstić information content (AvgIpc) is 3.72. The van der Waals surface area contributed by atoms with E-state index in [0.717, 1.165) is 43.2 Å². The van der Waals surface area contributed by atoms with E-state index >= 15 is 0 Å². The van der Waals surface area contributed by atoms with Crippen molar-refractivity contribution in [2.24, 2.45) is 11.8 Å². The molecule has 1 spiro atoms. The monoisotopic (exact) mass is 577 g/mol. The molecule has 3 fully saturated rings. The Kier molecular flexibility index (Phi) is 6.47. The Labute approximate surface area is 243 Å². The van der Waals surface area contributed by atoms with E-state index in [-0.39, 0.29) is 37.1 Å². The minimum absolute atomic E-state index is 0.0576. The third-order valence-electron chi connectivity index (χ3n) is 9.11. The number of aryl methyl sites for hydroxylation is 1. The summed E-state index contributed by atoms with van der Waals surface area (Å²) < 4.78 is 17.5. The summed E-state index contributed by atoms with van der Waals surface area (Å²) in [5.41, 5.74) is 1.000. The normalized spacial score (nSPS) is 29.6. The summed E-state index contributed by atoms with van der Waals surface area (Å²) in [4.78, 5) is 43.6. The molecule has 5 aliphatic rings. The maximum Gasteiger partial charge on any atom is 0.246 e. The van der Waals surface area contributed by atoms with Crippen LogP contribution in [-0.2, 0) is 25.7 Å². The van der Waals surface area contributed by atoms with Crippen LogP contribution in [0.2, 0.25) is 5.02 Å². The van der Waals surface area contributed by atoms with Crippen molar-refractivity contribution in [3.05, 3.63) is 64.7 Å². The van der Waals surface area contributed by atoms with Crippen molar-refractivity contribution < 1.29 is 28.6 Å². The molecule has 4 aliphatic heterocycles. The summed E-state index contributed by atoms with van der Waals surface area (Å²) in [6.07, 6.45) is 8.15. The Morgan fingerprint density at radius 1 is 1.05 bits per heavy atom. The van der Waals surface area contributed by atoms with Gasteiger partial charge in [-0.25, -0.2) is 0 Å². The number of nitrogens with zero attached hydrogens (tertiary/aromatic N) is 1. The molecular formula is C31H32ClN3O6. The smallest absolute Gasteiger partial charge is 0.246 e. The minimum Gasteiger partial charge on any atom is -0.454 e. The Balaban J connectivity index is 1.21. The van der Waals surface area contributed by atoms with Gasteiger partial charge in [0.2, 0.25) is 24.5 Å². The highest BCUT2D eigenvalue weighted by atomic mass is 35.5. The van der Waals surface area contributed by atoms with E-state index < -0.39 is 29.6 Å². The number of anilines is 1. The molecule has 0 aromatic heterocycles. The first-order chi connectivity index (χ1) is 19.8. The molecule has 0 radical (unpaired) electrons. The number of hydrogen-bond donors (Lipinski definition) is 2. The summed E-state index contributed by atoms with van der Waals surface area (Å²) >= 11 is 6.29. The second-order valence-corrected chi connectivity index (χ2v) is 12.1. The number of hydrogen-bond acceptors (Lipinski definition) is 6. The van der Waals surface area contributed by atoms with E-state index in [0.29, 0.717) is 22.2 Å². The van der Waals surface area contributed by atoms with E-state index in [2.05, 4.69) is 10.6 Å². The van der Waals surface area contributed by atoms with Crippen molar-refractivity contribution in [2.75, 3.05) is 12.1 Å². The number of halogens is 1. The van der Waals surface area contributed by atoms with Crippen molar-refractivity contribution >= 4 is 35.0 Å². The fourth-order valence-corrected chi connectivity index (χ4v) is 7.28. The number of nitrogens with one attached hydrogen (secondary N) is 2. The zero-order valence-electron chi connectivity index (χ0n) is 22.7. The zero-order valence-corrected chi connectivity index (χ0v) is 23.5. The maximum atomic E-state index is 14.3. The molecule has 2 N–H and O–H groups in total. The largest absolute Gasteiger partial charge is 0.454 e. The first-order valence-corrected chi connectivity index (χ1v) is 14.7. The SMILES string of the molecule is Cc1ccc(NC(=O)[C@H]2[C@@H]3C=C[C@]4(O3)[C@@H]2C(=O)N(Cc2ccc3c(c2)OCO3)[C@H]4C(=O)NC2CCCCC2)cc1Cl.